The summed E-state index contributed by atoms with van der Waals surface area (Å²) in [6.45, 7) is 1.06. The standard InChI is InChI=1S/C15H13NO3/c17-13-7-3-6-12(14(13)18)15(19)16-8-10-4-1-2-5-11(10)9-16/h1-7,17-18H,8-9H2. The number of para-hydroxylation sites is 1. The summed E-state index contributed by atoms with van der Waals surface area (Å²) in [5.41, 5.74) is 2.37. The molecule has 0 bridgehead atoms. The molecule has 0 unspecified atom stereocenters. The number of benzene rings is 2. The number of phenols is 2. The highest BCUT2D eigenvalue weighted by molar-refractivity contribution is 5.97. The van der Waals surface area contributed by atoms with Gasteiger partial charge in [-0.05, 0) is 23.3 Å². The van der Waals surface area contributed by atoms with Gasteiger partial charge in [0.05, 0.1) is 5.56 Å². The van der Waals surface area contributed by atoms with Crippen molar-refractivity contribution in [3.05, 3.63) is 59.2 Å². The summed E-state index contributed by atoms with van der Waals surface area (Å²) < 4.78 is 0. The van der Waals surface area contributed by atoms with Crippen LogP contribution in [0.3, 0.4) is 0 Å². The van der Waals surface area contributed by atoms with Crippen LogP contribution in [-0.4, -0.2) is 21.0 Å². The summed E-state index contributed by atoms with van der Waals surface area (Å²) in [5, 5.41) is 19.2. The van der Waals surface area contributed by atoms with Crippen molar-refractivity contribution in [2.45, 2.75) is 13.1 Å². The maximum Gasteiger partial charge on any atom is 0.258 e. The van der Waals surface area contributed by atoms with E-state index in [2.05, 4.69) is 0 Å². The molecule has 0 spiro atoms. The van der Waals surface area contributed by atoms with E-state index >= 15 is 0 Å². The van der Waals surface area contributed by atoms with Crippen LogP contribution < -0.4 is 0 Å². The van der Waals surface area contributed by atoms with Crippen molar-refractivity contribution in [1.82, 2.24) is 4.90 Å². The van der Waals surface area contributed by atoms with Gasteiger partial charge in [-0.1, -0.05) is 30.3 Å². The quantitative estimate of drug-likeness (QED) is 0.768. The van der Waals surface area contributed by atoms with Gasteiger partial charge in [0.1, 0.15) is 0 Å². The Bertz CT molecular complexity index is 627. The van der Waals surface area contributed by atoms with E-state index < -0.39 is 0 Å². The maximum atomic E-state index is 12.3. The highest BCUT2D eigenvalue weighted by Gasteiger charge is 2.26. The van der Waals surface area contributed by atoms with E-state index in [9.17, 15) is 15.0 Å². The minimum atomic E-state index is -0.358. The fourth-order valence-electron chi connectivity index (χ4n) is 2.35. The van der Waals surface area contributed by atoms with E-state index in [4.69, 9.17) is 0 Å². The van der Waals surface area contributed by atoms with Crippen LogP contribution in [0.15, 0.2) is 42.5 Å². The van der Waals surface area contributed by atoms with E-state index in [1.54, 1.807) is 11.0 Å². The molecule has 96 valence electrons. The predicted molar refractivity (Wildman–Crippen MR) is 69.8 cm³/mol. The van der Waals surface area contributed by atoms with E-state index in [0.717, 1.165) is 11.1 Å². The Morgan fingerprint density at radius 1 is 0.947 bits per heavy atom. The van der Waals surface area contributed by atoms with Crippen molar-refractivity contribution >= 4 is 5.91 Å². The zero-order valence-electron chi connectivity index (χ0n) is 10.2. The average Bonchev–Trinajstić information content (AvgIpc) is 2.85. The molecule has 4 heteroatoms. The third-order valence-corrected chi connectivity index (χ3v) is 3.37. The first-order valence-corrected chi connectivity index (χ1v) is 6.04. The van der Waals surface area contributed by atoms with Crippen LogP contribution >= 0.6 is 0 Å². The molecule has 1 heterocycles. The summed E-state index contributed by atoms with van der Waals surface area (Å²) in [6, 6.07) is 12.3. The number of aromatic hydroxyl groups is 2. The van der Waals surface area contributed by atoms with Gasteiger partial charge in [0.15, 0.2) is 11.5 Å². The molecule has 1 aliphatic heterocycles. The maximum absolute atomic E-state index is 12.3. The van der Waals surface area contributed by atoms with Crippen LogP contribution in [0.2, 0.25) is 0 Å². The molecule has 4 nitrogen and oxygen atoms in total. The SMILES string of the molecule is O=C(c1cccc(O)c1O)N1Cc2ccccc2C1. The first-order chi connectivity index (χ1) is 9.16. The normalized spacial score (nSPS) is 13.4. The molecule has 3 rings (SSSR count). The van der Waals surface area contributed by atoms with Crippen LogP contribution in [0.1, 0.15) is 21.5 Å². The van der Waals surface area contributed by atoms with Gasteiger partial charge in [0, 0.05) is 13.1 Å². The van der Waals surface area contributed by atoms with Gasteiger partial charge in [0.2, 0.25) is 0 Å². The summed E-state index contributed by atoms with van der Waals surface area (Å²) >= 11 is 0. The fourth-order valence-corrected chi connectivity index (χ4v) is 2.35. The first kappa shape index (κ1) is 11.6. The van der Waals surface area contributed by atoms with Gasteiger partial charge in [-0.15, -0.1) is 0 Å². The molecule has 2 N–H and O–H groups in total. The van der Waals surface area contributed by atoms with Gasteiger partial charge in [0.25, 0.3) is 5.91 Å². The summed E-state index contributed by atoms with van der Waals surface area (Å²) in [5.74, 6) is -0.907. The number of carbonyl (C=O) groups excluding carboxylic acids is 1. The molecule has 0 aromatic heterocycles. The average molecular weight is 255 g/mol. The van der Waals surface area contributed by atoms with Crippen molar-refractivity contribution in [3.8, 4) is 11.5 Å². The number of hydrogen-bond acceptors (Lipinski definition) is 3. The zero-order valence-corrected chi connectivity index (χ0v) is 10.2. The third kappa shape index (κ3) is 1.91. The monoisotopic (exact) mass is 255 g/mol. The number of hydrogen-bond donors (Lipinski definition) is 2. The van der Waals surface area contributed by atoms with Crippen molar-refractivity contribution < 1.29 is 15.0 Å². The highest BCUT2D eigenvalue weighted by atomic mass is 16.3. The summed E-state index contributed by atoms with van der Waals surface area (Å²) in [6.07, 6.45) is 0. The summed E-state index contributed by atoms with van der Waals surface area (Å²) in [4.78, 5) is 14.0. The largest absolute Gasteiger partial charge is 0.504 e. The van der Waals surface area contributed by atoms with E-state index in [1.807, 2.05) is 24.3 Å². The van der Waals surface area contributed by atoms with Crippen LogP contribution in [-0.2, 0) is 13.1 Å². The number of phenolic OH excluding ortho intramolecular Hbond substituents is 2. The minimum Gasteiger partial charge on any atom is -0.504 e. The Hall–Kier alpha value is -2.49. The molecule has 0 fully saturated rings. The van der Waals surface area contributed by atoms with Gasteiger partial charge in [-0.2, -0.15) is 0 Å². The molecule has 0 aliphatic carbocycles. The Kier molecular flexibility index (Phi) is 2.63. The lowest BCUT2D eigenvalue weighted by molar-refractivity contribution is 0.0747. The molecule has 0 atom stereocenters. The van der Waals surface area contributed by atoms with Crippen molar-refractivity contribution in [2.75, 3.05) is 0 Å². The number of amides is 1. The Balaban J connectivity index is 1.89. The van der Waals surface area contributed by atoms with Gasteiger partial charge in [-0.25, -0.2) is 0 Å². The highest BCUT2D eigenvalue weighted by Crippen LogP contribution is 2.31. The molecule has 1 amide bonds. The smallest absolute Gasteiger partial charge is 0.258 e. The topological polar surface area (TPSA) is 60.8 Å². The number of nitrogens with zero attached hydrogens (tertiary/aromatic N) is 1. The zero-order chi connectivity index (χ0) is 13.4. The van der Waals surface area contributed by atoms with Gasteiger partial charge >= 0.3 is 0 Å². The Labute approximate surface area is 110 Å². The van der Waals surface area contributed by atoms with Gasteiger partial charge < -0.3 is 15.1 Å². The number of carbonyl (C=O) groups is 1. The second-order valence-corrected chi connectivity index (χ2v) is 4.60. The third-order valence-electron chi connectivity index (χ3n) is 3.37. The van der Waals surface area contributed by atoms with Crippen molar-refractivity contribution in [1.29, 1.82) is 0 Å². The second kappa shape index (κ2) is 4.31. The number of fused-ring (bicyclic) bond motifs is 1. The van der Waals surface area contributed by atoms with Crippen LogP contribution in [0.4, 0.5) is 0 Å². The lowest BCUT2D eigenvalue weighted by atomic mass is 10.1. The van der Waals surface area contributed by atoms with Gasteiger partial charge in [-0.3, -0.25) is 4.79 Å². The second-order valence-electron chi connectivity index (χ2n) is 4.60. The van der Waals surface area contributed by atoms with Crippen molar-refractivity contribution in [2.24, 2.45) is 0 Å². The molecule has 0 saturated carbocycles. The lowest BCUT2D eigenvalue weighted by Gasteiger charge is -2.16. The molecule has 0 saturated heterocycles. The first-order valence-electron chi connectivity index (χ1n) is 6.04. The molecular weight excluding hydrogens is 242 g/mol. The molecule has 1 aliphatic rings. The molecule has 2 aromatic rings. The van der Waals surface area contributed by atoms with E-state index in [1.165, 1.54) is 12.1 Å². The van der Waals surface area contributed by atoms with E-state index in [-0.39, 0.29) is 23.0 Å². The van der Waals surface area contributed by atoms with Crippen LogP contribution in [0, 0.1) is 0 Å². The van der Waals surface area contributed by atoms with Crippen molar-refractivity contribution in [3.63, 3.8) is 0 Å². The van der Waals surface area contributed by atoms with Crippen LogP contribution in [0.5, 0.6) is 11.5 Å². The number of rotatable bonds is 1. The molecule has 19 heavy (non-hydrogen) atoms. The summed E-state index contributed by atoms with van der Waals surface area (Å²) in [7, 11) is 0. The Morgan fingerprint density at radius 3 is 2.21 bits per heavy atom. The lowest BCUT2D eigenvalue weighted by Crippen LogP contribution is -2.25. The fraction of sp³-hybridized carbons (Fsp3) is 0.133. The molecular formula is C15H13NO3. The molecule has 2 aromatic carbocycles. The minimum absolute atomic E-state index is 0.132. The predicted octanol–water partition coefficient (Wildman–Crippen LogP) is 2.25. The van der Waals surface area contributed by atoms with E-state index in [0.29, 0.717) is 13.1 Å². The van der Waals surface area contributed by atoms with Crippen LogP contribution in [0.25, 0.3) is 0 Å². The Morgan fingerprint density at radius 2 is 1.58 bits per heavy atom. The molecule has 0 radical (unpaired) electrons.